The second-order valence-electron chi connectivity index (χ2n) is 3.14. The van der Waals surface area contributed by atoms with Crippen molar-refractivity contribution in [3.8, 4) is 11.4 Å². The predicted octanol–water partition coefficient (Wildman–Crippen LogP) is 2.83. The highest BCUT2D eigenvalue weighted by atomic mass is 79.9. The molecule has 16 heavy (non-hydrogen) atoms. The van der Waals surface area contributed by atoms with Gasteiger partial charge in [0.05, 0.1) is 11.4 Å². The third-order valence-corrected chi connectivity index (χ3v) is 2.89. The molecule has 2 aromatic rings. The zero-order chi connectivity index (χ0) is 11.7. The molecule has 82 valence electrons. The summed E-state index contributed by atoms with van der Waals surface area (Å²) in [6.07, 6.45) is 0. The molecule has 0 spiro atoms. The topological polar surface area (TPSA) is 77.8 Å². The Morgan fingerprint density at radius 3 is 1.50 bits per heavy atom. The quantitative estimate of drug-likeness (QED) is 0.780. The molecule has 0 aliphatic rings. The van der Waals surface area contributed by atoms with Gasteiger partial charge in [0.25, 0.3) is 0 Å². The van der Waals surface area contributed by atoms with Gasteiger partial charge in [-0.15, -0.1) is 0 Å². The number of nitrogen functional groups attached to an aromatic ring is 2. The summed E-state index contributed by atoms with van der Waals surface area (Å²) in [5.41, 5.74) is 13.9. The fraction of sp³-hybridized carbons (Fsp3) is 0. The van der Waals surface area contributed by atoms with Crippen LogP contribution in [0.15, 0.2) is 33.5 Å². The summed E-state index contributed by atoms with van der Waals surface area (Å²) in [7, 11) is 0. The summed E-state index contributed by atoms with van der Waals surface area (Å²) >= 11 is 6.58. The highest BCUT2D eigenvalue weighted by molar-refractivity contribution is 9.10. The summed E-state index contributed by atoms with van der Waals surface area (Å²) in [5, 5.41) is 0. The van der Waals surface area contributed by atoms with Crippen molar-refractivity contribution in [1.29, 1.82) is 0 Å². The lowest BCUT2D eigenvalue weighted by atomic mass is 10.2. The molecule has 6 heteroatoms. The summed E-state index contributed by atoms with van der Waals surface area (Å²) in [6, 6.07) is 7.06. The third-order valence-electron chi connectivity index (χ3n) is 2.01. The van der Waals surface area contributed by atoms with E-state index in [1.807, 2.05) is 0 Å². The summed E-state index contributed by atoms with van der Waals surface area (Å²) in [6.45, 7) is 0. The van der Waals surface area contributed by atoms with Gasteiger partial charge in [-0.25, -0.2) is 9.97 Å². The first-order chi connectivity index (χ1) is 7.58. The highest BCUT2D eigenvalue weighted by Gasteiger charge is 2.10. The molecule has 0 aliphatic heterocycles. The fourth-order valence-corrected chi connectivity index (χ4v) is 1.89. The number of rotatable bonds is 1. The third kappa shape index (κ3) is 2.17. The van der Waals surface area contributed by atoms with E-state index >= 15 is 0 Å². The van der Waals surface area contributed by atoms with E-state index in [1.54, 1.807) is 24.3 Å². The van der Waals surface area contributed by atoms with Crippen molar-refractivity contribution in [3.63, 3.8) is 0 Å². The van der Waals surface area contributed by atoms with Gasteiger partial charge in [0, 0.05) is 0 Å². The lowest BCUT2D eigenvalue weighted by Gasteiger charge is -2.07. The second-order valence-corrected chi connectivity index (χ2v) is 4.77. The lowest BCUT2D eigenvalue weighted by Crippen LogP contribution is -1.99. The first-order valence-electron chi connectivity index (χ1n) is 4.42. The van der Waals surface area contributed by atoms with Gasteiger partial charge < -0.3 is 11.5 Å². The van der Waals surface area contributed by atoms with Crippen molar-refractivity contribution >= 4 is 43.2 Å². The van der Waals surface area contributed by atoms with E-state index in [9.17, 15) is 0 Å². The molecule has 0 saturated heterocycles. The Kier molecular flexibility index (Phi) is 3.11. The minimum absolute atomic E-state index is 0.542. The van der Waals surface area contributed by atoms with Gasteiger partial charge in [-0.2, -0.15) is 0 Å². The van der Waals surface area contributed by atoms with Crippen LogP contribution in [0.5, 0.6) is 0 Å². The van der Waals surface area contributed by atoms with Crippen LogP contribution in [0.3, 0.4) is 0 Å². The Morgan fingerprint density at radius 2 is 1.12 bits per heavy atom. The SMILES string of the molecule is Nc1ccc(Br)nc1-c1nc(Br)ccc1N. The predicted molar refractivity (Wildman–Crippen MR) is 71.7 cm³/mol. The Bertz CT molecular complexity index is 493. The molecule has 0 bridgehead atoms. The van der Waals surface area contributed by atoms with Gasteiger partial charge in [0.15, 0.2) is 0 Å². The van der Waals surface area contributed by atoms with E-state index in [0.717, 1.165) is 0 Å². The summed E-state index contributed by atoms with van der Waals surface area (Å²) in [4.78, 5) is 8.55. The summed E-state index contributed by atoms with van der Waals surface area (Å²) < 4.78 is 1.38. The van der Waals surface area contributed by atoms with E-state index in [1.165, 1.54) is 0 Å². The molecule has 0 radical (unpaired) electrons. The minimum atomic E-state index is 0.542. The van der Waals surface area contributed by atoms with Crippen molar-refractivity contribution < 1.29 is 0 Å². The lowest BCUT2D eigenvalue weighted by molar-refractivity contribution is 1.21. The maximum atomic E-state index is 5.85. The van der Waals surface area contributed by atoms with Crippen molar-refractivity contribution in [3.05, 3.63) is 33.5 Å². The maximum Gasteiger partial charge on any atom is 0.115 e. The van der Waals surface area contributed by atoms with Gasteiger partial charge in [-0.05, 0) is 56.1 Å². The van der Waals surface area contributed by atoms with Crippen LogP contribution < -0.4 is 11.5 Å². The highest BCUT2D eigenvalue weighted by Crippen LogP contribution is 2.29. The maximum absolute atomic E-state index is 5.85. The monoisotopic (exact) mass is 342 g/mol. The molecular formula is C10H8Br2N4. The first kappa shape index (κ1) is 11.3. The standard InChI is InChI=1S/C10H8Br2N4/c11-7-3-1-5(13)9(15-7)10-6(14)2-4-8(12)16-10/h1-4H,13-14H2. The Morgan fingerprint density at radius 1 is 0.750 bits per heavy atom. The van der Waals surface area contributed by atoms with Crippen molar-refractivity contribution in [2.45, 2.75) is 0 Å². The zero-order valence-corrected chi connectivity index (χ0v) is 11.3. The van der Waals surface area contributed by atoms with Crippen LogP contribution >= 0.6 is 31.9 Å². The molecule has 0 unspecified atom stereocenters. The average Bonchev–Trinajstić information content (AvgIpc) is 2.25. The molecule has 2 rings (SSSR count). The molecule has 0 atom stereocenters. The molecule has 0 saturated carbocycles. The summed E-state index contributed by atoms with van der Waals surface area (Å²) in [5.74, 6) is 0. The molecule has 2 aromatic heterocycles. The smallest absolute Gasteiger partial charge is 0.115 e. The Hall–Kier alpha value is -1.14. The van der Waals surface area contributed by atoms with E-state index in [-0.39, 0.29) is 0 Å². The van der Waals surface area contributed by atoms with E-state index < -0.39 is 0 Å². The zero-order valence-electron chi connectivity index (χ0n) is 8.11. The van der Waals surface area contributed by atoms with E-state index in [4.69, 9.17) is 11.5 Å². The van der Waals surface area contributed by atoms with Crippen LogP contribution in [0.25, 0.3) is 11.4 Å². The number of pyridine rings is 2. The second kappa shape index (κ2) is 4.39. The molecule has 4 N–H and O–H groups in total. The van der Waals surface area contributed by atoms with Gasteiger partial charge in [0.2, 0.25) is 0 Å². The molecule has 0 aromatic carbocycles. The van der Waals surface area contributed by atoms with Gasteiger partial charge in [-0.1, -0.05) is 0 Å². The number of hydrogen-bond donors (Lipinski definition) is 2. The van der Waals surface area contributed by atoms with Crippen molar-refractivity contribution in [1.82, 2.24) is 9.97 Å². The average molecular weight is 344 g/mol. The molecule has 0 amide bonds. The number of nitrogens with zero attached hydrogens (tertiary/aromatic N) is 2. The molecule has 4 nitrogen and oxygen atoms in total. The molecule has 2 heterocycles. The van der Waals surface area contributed by atoms with Crippen LogP contribution in [0.1, 0.15) is 0 Å². The van der Waals surface area contributed by atoms with E-state index in [2.05, 4.69) is 41.8 Å². The van der Waals surface area contributed by atoms with Crippen LogP contribution in [0.2, 0.25) is 0 Å². The number of aromatic nitrogens is 2. The van der Waals surface area contributed by atoms with Gasteiger partial charge in [-0.3, -0.25) is 0 Å². The van der Waals surface area contributed by atoms with Crippen molar-refractivity contribution in [2.75, 3.05) is 11.5 Å². The largest absolute Gasteiger partial charge is 0.397 e. The molecule has 0 fully saturated rings. The normalized spacial score (nSPS) is 10.4. The minimum Gasteiger partial charge on any atom is -0.397 e. The van der Waals surface area contributed by atoms with Crippen LogP contribution in [-0.4, -0.2) is 9.97 Å². The molecule has 0 aliphatic carbocycles. The van der Waals surface area contributed by atoms with Crippen LogP contribution in [-0.2, 0) is 0 Å². The van der Waals surface area contributed by atoms with Gasteiger partial charge >= 0.3 is 0 Å². The fourth-order valence-electron chi connectivity index (χ4n) is 1.27. The Labute approximate surface area is 109 Å². The van der Waals surface area contributed by atoms with Crippen LogP contribution in [0.4, 0.5) is 11.4 Å². The molecular weight excluding hydrogens is 336 g/mol. The number of anilines is 2. The van der Waals surface area contributed by atoms with Gasteiger partial charge in [0.1, 0.15) is 20.6 Å². The first-order valence-corrected chi connectivity index (χ1v) is 6.01. The number of halogens is 2. The van der Waals surface area contributed by atoms with Crippen LogP contribution in [0, 0.1) is 0 Å². The number of nitrogens with two attached hydrogens (primary N) is 2. The van der Waals surface area contributed by atoms with E-state index in [0.29, 0.717) is 32.0 Å². The van der Waals surface area contributed by atoms with Crippen molar-refractivity contribution in [2.24, 2.45) is 0 Å². The number of hydrogen-bond acceptors (Lipinski definition) is 4. The Balaban J connectivity index is 2.66.